The van der Waals surface area contributed by atoms with Crippen molar-refractivity contribution in [3.05, 3.63) is 0 Å². The van der Waals surface area contributed by atoms with Crippen molar-refractivity contribution in [2.45, 2.75) is 37.8 Å². The topological polar surface area (TPSA) is 45.3 Å². The zero-order chi connectivity index (χ0) is 7.24. The number of ether oxygens (including phenoxy) is 2. The minimum Gasteiger partial charge on any atom is -0.391 e. The van der Waals surface area contributed by atoms with Crippen LogP contribution in [0.4, 0.5) is 0 Å². The van der Waals surface area contributed by atoms with Gasteiger partial charge in [0.1, 0.15) is 6.61 Å². The van der Waals surface area contributed by atoms with Crippen LogP contribution in [0.1, 0.15) is 26.2 Å². The van der Waals surface area contributed by atoms with Gasteiger partial charge in [-0.05, 0) is 6.42 Å². The van der Waals surface area contributed by atoms with E-state index in [4.69, 9.17) is 14.6 Å². The fraction of sp³-hybridized carbons (Fsp3) is 1.00. The van der Waals surface area contributed by atoms with Gasteiger partial charge in [-0.15, -0.1) is 0 Å². The highest BCUT2D eigenvalue weighted by Gasteiger charge is 2.90. The van der Waals surface area contributed by atoms with Gasteiger partial charge in [-0.2, -0.15) is 0 Å². The van der Waals surface area contributed by atoms with Crippen molar-refractivity contribution in [3.63, 3.8) is 0 Å². The third-order valence-corrected chi connectivity index (χ3v) is 2.22. The van der Waals surface area contributed by atoms with Gasteiger partial charge in [0.25, 0.3) is 5.79 Å². The van der Waals surface area contributed by atoms with E-state index in [1.807, 2.05) is 0 Å². The molecule has 2 aliphatic rings. The first-order valence-electron chi connectivity index (χ1n) is 3.80. The lowest BCUT2D eigenvalue weighted by molar-refractivity contribution is -0.114. The molecule has 2 aliphatic heterocycles. The Bertz CT molecular complexity index is 149. The number of aliphatic hydroxyl groups is 1. The first kappa shape index (κ1) is 6.58. The summed E-state index contributed by atoms with van der Waals surface area (Å²) in [6.45, 7) is 2.14. The third kappa shape index (κ3) is 0.603. The van der Waals surface area contributed by atoms with Gasteiger partial charge in [0.15, 0.2) is 0 Å². The molecule has 0 radical (unpaired) electrons. The van der Waals surface area contributed by atoms with Gasteiger partial charge in [-0.3, -0.25) is 0 Å². The van der Waals surface area contributed by atoms with E-state index in [0.717, 1.165) is 19.3 Å². The molecule has 3 heteroatoms. The maximum Gasteiger partial charge on any atom is 0.253 e. The van der Waals surface area contributed by atoms with Crippen LogP contribution in [-0.4, -0.2) is 23.3 Å². The van der Waals surface area contributed by atoms with E-state index in [-0.39, 0.29) is 12.4 Å². The van der Waals surface area contributed by atoms with Crippen LogP contribution < -0.4 is 0 Å². The summed E-state index contributed by atoms with van der Waals surface area (Å²) in [5.41, 5.74) is 0. The molecule has 2 heterocycles. The Morgan fingerprint density at radius 1 is 1.30 bits per heavy atom. The molecule has 58 valence electrons. The van der Waals surface area contributed by atoms with E-state index in [0.29, 0.717) is 0 Å². The van der Waals surface area contributed by atoms with Gasteiger partial charge in [0.05, 0.1) is 0 Å². The van der Waals surface area contributed by atoms with E-state index >= 15 is 0 Å². The summed E-state index contributed by atoms with van der Waals surface area (Å²) >= 11 is 0. The Morgan fingerprint density at radius 3 is 2.40 bits per heavy atom. The van der Waals surface area contributed by atoms with Gasteiger partial charge < -0.3 is 14.6 Å². The minimum atomic E-state index is -0.540. The van der Waals surface area contributed by atoms with Crippen molar-refractivity contribution >= 4 is 0 Å². The standard InChI is InChI=1S/C7H12O3/c1-2-3-4-6-7(5-8,9-6)10-6/h8H,2-5H2,1H3. The summed E-state index contributed by atoms with van der Waals surface area (Å²) in [6, 6.07) is 0. The van der Waals surface area contributed by atoms with Crippen molar-refractivity contribution in [1.82, 2.24) is 0 Å². The highest BCUT2D eigenvalue weighted by atomic mass is 17.1. The van der Waals surface area contributed by atoms with Crippen molar-refractivity contribution in [2.24, 2.45) is 0 Å². The molecule has 0 saturated carbocycles. The Balaban J connectivity index is 1.79. The number of rotatable bonds is 4. The number of hydrogen-bond donors (Lipinski definition) is 1. The zero-order valence-electron chi connectivity index (χ0n) is 6.09. The van der Waals surface area contributed by atoms with Crippen molar-refractivity contribution in [2.75, 3.05) is 6.61 Å². The zero-order valence-corrected chi connectivity index (χ0v) is 6.09. The second kappa shape index (κ2) is 1.72. The summed E-state index contributed by atoms with van der Waals surface area (Å²) in [6.07, 6.45) is 3.20. The number of epoxide rings is 2. The van der Waals surface area contributed by atoms with E-state index in [2.05, 4.69) is 6.92 Å². The molecular formula is C7H12O3. The normalized spacial score (nSPS) is 48.6. The molecule has 0 aliphatic carbocycles. The molecular weight excluding hydrogens is 132 g/mol. The van der Waals surface area contributed by atoms with Crippen LogP contribution in [0.2, 0.25) is 0 Å². The predicted molar refractivity (Wildman–Crippen MR) is 34.2 cm³/mol. The first-order chi connectivity index (χ1) is 4.79. The number of fused-ring (bicyclic) bond motifs is 1. The van der Waals surface area contributed by atoms with Crippen LogP contribution in [-0.2, 0) is 9.47 Å². The van der Waals surface area contributed by atoms with Gasteiger partial charge in [0.2, 0.25) is 5.79 Å². The van der Waals surface area contributed by atoms with Crippen molar-refractivity contribution in [1.29, 1.82) is 0 Å². The van der Waals surface area contributed by atoms with Gasteiger partial charge in [0, 0.05) is 6.42 Å². The Morgan fingerprint density at radius 2 is 2.00 bits per heavy atom. The van der Waals surface area contributed by atoms with Gasteiger partial charge in [-0.25, -0.2) is 0 Å². The largest absolute Gasteiger partial charge is 0.391 e. The minimum absolute atomic E-state index is 0.0106. The number of hydrogen-bond acceptors (Lipinski definition) is 3. The molecule has 1 N–H and O–H groups in total. The lowest BCUT2D eigenvalue weighted by Crippen LogP contribution is -2.03. The maximum absolute atomic E-state index is 8.72. The Kier molecular flexibility index (Phi) is 1.14. The number of aliphatic hydroxyl groups excluding tert-OH is 1. The van der Waals surface area contributed by atoms with Crippen LogP contribution in [0, 0.1) is 0 Å². The van der Waals surface area contributed by atoms with E-state index in [1.54, 1.807) is 0 Å². The molecule has 3 nitrogen and oxygen atoms in total. The van der Waals surface area contributed by atoms with Crippen LogP contribution in [0.15, 0.2) is 0 Å². The van der Waals surface area contributed by atoms with E-state index < -0.39 is 5.79 Å². The molecule has 0 aromatic carbocycles. The molecule has 2 saturated heterocycles. The third-order valence-electron chi connectivity index (χ3n) is 2.22. The van der Waals surface area contributed by atoms with Crippen LogP contribution in [0.3, 0.4) is 0 Å². The van der Waals surface area contributed by atoms with Crippen molar-refractivity contribution < 1.29 is 14.6 Å². The SMILES string of the molecule is CCCCC12OC1(CO)O2. The Hall–Kier alpha value is -0.120. The maximum atomic E-state index is 8.72. The Labute approximate surface area is 59.9 Å². The summed E-state index contributed by atoms with van der Waals surface area (Å²) in [4.78, 5) is 0. The summed E-state index contributed by atoms with van der Waals surface area (Å²) in [5.74, 6) is -0.875. The second-order valence-electron chi connectivity index (χ2n) is 2.97. The van der Waals surface area contributed by atoms with E-state index in [1.165, 1.54) is 0 Å². The molecule has 0 unspecified atom stereocenters. The van der Waals surface area contributed by atoms with Gasteiger partial charge in [-0.1, -0.05) is 13.3 Å². The molecule has 2 fully saturated rings. The lowest BCUT2D eigenvalue weighted by Gasteiger charge is -1.97. The fourth-order valence-electron chi connectivity index (χ4n) is 1.38. The molecule has 10 heavy (non-hydrogen) atoms. The molecule has 0 spiro atoms. The quantitative estimate of drug-likeness (QED) is 0.588. The van der Waals surface area contributed by atoms with Gasteiger partial charge >= 0.3 is 0 Å². The predicted octanol–water partition coefficient (Wildman–Crippen LogP) is 0.622. The molecule has 0 aromatic heterocycles. The number of unbranched alkanes of at least 4 members (excludes halogenated alkanes) is 1. The molecule has 2 rings (SSSR count). The van der Waals surface area contributed by atoms with Crippen molar-refractivity contribution in [3.8, 4) is 0 Å². The fourth-order valence-corrected chi connectivity index (χ4v) is 1.38. The van der Waals surface area contributed by atoms with Crippen LogP contribution in [0.5, 0.6) is 0 Å². The highest BCUT2D eigenvalue weighted by Crippen LogP contribution is 2.69. The average molecular weight is 144 g/mol. The average Bonchev–Trinajstić information content (AvgIpc) is 2.68. The summed E-state index contributed by atoms with van der Waals surface area (Å²) in [7, 11) is 0. The second-order valence-corrected chi connectivity index (χ2v) is 2.97. The summed E-state index contributed by atoms with van der Waals surface area (Å²) in [5, 5.41) is 8.72. The molecule has 0 aromatic rings. The highest BCUT2D eigenvalue weighted by molar-refractivity contribution is 5.17. The first-order valence-corrected chi connectivity index (χ1v) is 3.80. The van der Waals surface area contributed by atoms with E-state index in [9.17, 15) is 0 Å². The molecule has 0 atom stereocenters. The molecule has 0 amide bonds. The molecule has 0 bridgehead atoms. The smallest absolute Gasteiger partial charge is 0.253 e. The summed E-state index contributed by atoms with van der Waals surface area (Å²) < 4.78 is 10.3. The lowest BCUT2D eigenvalue weighted by atomic mass is 10.2. The van der Waals surface area contributed by atoms with Crippen LogP contribution >= 0.6 is 0 Å². The van der Waals surface area contributed by atoms with Crippen LogP contribution in [0.25, 0.3) is 0 Å². The monoisotopic (exact) mass is 144 g/mol.